The summed E-state index contributed by atoms with van der Waals surface area (Å²) >= 11 is 6.63. The van der Waals surface area contributed by atoms with E-state index in [1.54, 1.807) is 24.3 Å². The molecule has 0 radical (unpaired) electrons. The molecule has 1 saturated heterocycles. The van der Waals surface area contributed by atoms with Gasteiger partial charge in [0.2, 0.25) is 10.0 Å². The Labute approximate surface area is 124 Å². The number of alkyl halides is 1. The first-order valence-electron chi connectivity index (χ1n) is 5.47. The molecule has 1 atom stereocenters. The normalized spacial score (nSPS) is 22.0. The second kappa shape index (κ2) is 6.00. The van der Waals surface area contributed by atoms with Crippen molar-refractivity contribution in [1.82, 2.24) is 4.31 Å². The first kappa shape index (κ1) is 14.5. The highest BCUT2D eigenvalue weighted by Crippen LogP contribution is 2.23. The van der Waals surface area contributed by atoms with Gasteiger partial charge in [0.1, 0.15) is 0 Å². The van der Waals surface area contributed by atoms with Gasteiger partial charge in [0, 0.05) is 16.3 Å². The summed E-state index contributed by atoms with van der Waals surface area (Å²) in [6.45, 7) is 1.27. The van der Waals surface area contributed by atoms with Crippen LogP contribution in [0.1, 0.15) is 0 Å². The van der Waals surface area contributed by atoms with Crippen LogP contribution in [0, 0.1) is 0 Å². The van der Waals surface area contributed by atoms with E-state index in [0.717, 1.165) is 4.47 Å². The average Bonchev–Trinajstić information content (AvgIpc) is 2.39. The van der Waals surface area contributed by atoms with Crippen molar-refractivity contribution < 1.29 is 13.2 Å². The SMILES string of the molecule is O=S(=O)(c1ccc(Br)cc1)N1CCOCC1CBr. The summed E-state index contributed by atoms with van der Waals surface area (Å²) < 4.78 is 32.7. The summed E-state index contributed by atoms with van der Waals surface area (Å²) in [7, 11) is -3.44. The highest BCUT2D eigenvalue weighted by atomic mass is 79.9. The molecular formula is C11H13Br2NO3S. The van der Waals surface area contributed by atoms with Crippen LogP contribution in [0.5, 0.6) is 0 Å². The van der Waals surface area contributed by atoms with E-state index in [1.165, 1.54) is 4.31 Å². The molecule has 0 saturated carbocycles. The van der Waals surface area contributed by atoms with Crippen molar-refractivity contribution in [3.63, 3.8) is 0 Å². The highest BCUT2D eigenvalue weighted by molar-refractivity contribution is 9.10. The van der Waals surface area contributed by atoms with E-state index in [9.17, 15) is 8.42 Å². The second-order valence-corrected chi connectivity index (χ2v) is 7.41. The second-order valence-electron chi connectivity index (χ2n) is 3.95. The zero-order valence-corrected chi connectivity index (χ0v) is 13.5. The number of nitrogens with zero attached hydrogens (tertiary/aromatic N) is 1. The number of rotatable bonds is 3. The van der Waals surface area contributed by atoms with Crippen molar-refractivity contribution in [2.45, 2.75) is 10.9 Å². The fourth-order valence-corrected chi connectivity index (χ4v) is 4.41. The number of sulfonamides is 1. The molecule has 0 spiro atoms. The molecule has 0 aliphatic carbocycles. The van der Waals surface area contributed by atoms with Gasteiger partial charge in [-0.05, 0) is 24.3 Å². The topological polar surface area (TPSA) is 46.6 Å². The lowest BCUT2D eigenvalue weighted by Gasteiger charge is -2.33. The Morgan fingerprint density at radius 2 is 2.00 bits per heavy atom. The van der Waals surface area contributed by atoms with E-state index >= 15 is 0 Å². The summed E-state index contributed by atoms with van der Waals surface area (Å²) in [6, 6.07) is 6.54. The fourth-order valence-electron chi connectivity index (χ4n) is 1.82. The molecule has 1 unspecified atom stereocenters. The minimum absolute atomic E-state index is 0.146. The summed E-state index contributed by atoms with van der Waals surface area (Å²) in [5.41, 5.74) is 0. The van der Waals surface area contributed by atoms with Crippen molar-refractivity contribution >= 4 is 41.9 Å². The van der Waals surface area contributed by atoms with Crippen LogP contribution in [-0.4, -0.2) is 43.9 Å². The molecule has 18 heavy (non-hydrogen) atoms. The minimum atomic E-state index is -3.44. The third kappa shape index (κ3) is 2.96. The van der Waals surface area contributed by atoms with Gasteiger partial charge >= 0.3 is 0 Å². The Kier molecular flexibility index (Phi) is 4.82. The fraction of sp³-hybridized carbons (Fsp3) is 0.455. The Morgan fingerprint density at radius 3 is 2.61 bits per heavy atom. The van der Waals surface area contributed by atoms with Crippen LogP contribution in [0.15, 0.2) is 33.6 Å². The Balaban J connectivity index is 2.32. The average molecular weight is 399 g/mol. The van der Waals surface area contributed by atoms with Crippen molar-refractivity contribution in [3.8, 4) is 0 Å². The molecule has 0 N–H and O–H groups in total. The maximum Gasteiger partial charge on any atom is 0.243 e. The van der Waals surface area contributed by atoms with Crippen molar-refractivity contribution in [2.24, 2.45) is 0 Å². The molecule has 1 heterocycles. The monoisotopic (exact) mass is 397 g/mol. The van der Waals surface area contributed by atoms with Crippen LogP contribution >= 0.6 is 31.9 Å². The lowest BCUT2D eigenvalue weighted by atomic mass is 10.3. The molecule has 7 heteroatoms. The van der Waals surface area contributed by atoms with Crippen LogP contribution < -0.4 is 0 Å². The zero-order valence-electron chi connectivity index (χ0n) is 9.55. The number of morpholine rings is 1. The molecular weight excluding hydrogens is 386 g/mol. The number of benzene rings is 1. The maximum atomic E-state index is 12.5. The molecule has 2 rings (SSSR count). The zero-order chi connectivity index (χ0) is 13.2. The summed E-state index contributed by atoms with van der Waals surface area (Å²) in [5.74, 6) is 0. The number of halogens is 2. The van der Waals surface area contributed by atoms with Crippen LogP contribution in [0.2, 0.25) is 0 Å². The van der Waals surface area contributed by atoms with E-state index in [2.05, 4.69) is 31.9 Å². The number of hydrogen-bond donors (Lipinski definition) is 0. The Morgan fingerprint density at radius 1 is 1.33 bits per heavy atom. The Bertz CT molecular complexity index is 504. The molecule has 1 aromatic carbocycles. The van der Waals surface area contributed by atoms with E-state index < -0.39 is 10.0 Å². The summed E-state index contributed by atoms with van der Waals surface area (Å²) in [6.07, 6.45) is 0. The van der Waals surface area contributed by atoms with E-state index in [0.29, 0.717) is 30.0 Å². The highest BCUT2D eigenvalue weighted by Gasteiger charge is 2.33. The quantitative estimate of drug-likeness (QED) is 0.733. The van der Waals surface area contributed by atoms with Gasteiger partial charge in [-0.25, -0.2) is 8.42 Å². The van der Waals surface area contributed by atoms with Crippen LogP contribution in [0.4, 0.5) is 0 Å². The predicted octanol–water partition coefficient (Wildman–Crippen LogP) is 2.23. The third-order valence-corrected chi connectivity index (χ3v) is 6.01. The first-order valence-corrected chi connectivity index (χ1v) is 8.82. The Hall–Kier alpha value is 0.0500. The van der Waals surface area contributed by atoms with E-state index in [-0.39, 0.29) is 6.04 Å². The van der Waals surface area contributed by atoms with Crippen LogP contribution in [0.3, 0.4) is 0 Å². The number of hydrogen-bond acceptors (Lipinski definition) is 3. The van der Waals surface area contributed by atoms with E-state index in [4.69, 9.17) is 4.74 Å². The largest absolute Gasteiger partial charge is 0.378 e. The lowest BCUT2D eigenvalue weighted by Crippen LogP contribution is -2.49. The van der Waals surface area contributed by atoms with Gasteiger partial charge in [0.05, 0.1) is 24.2 Å². The molecule has 1 aliphatic heterocycles. The van der Waals surface area contributed by atoms with Crippen LogP contribution in [-0.2, 0) is 14.8 Å². The standard InChI is InChI=1S/C11H13Br2NO3S/c12-7-10-8-17-6-5-14(10)18(15,16)11-3-1-9(13)2-4-11/h1-4,10H,5-8H2. The van der Waals surface area contributed by atoms with Gasteiger partial charge in [-0.3, -0.25) is 0 Å². The third-order valence-electron chi connectivity index (χ3n) is 2.77. The van der Waals surface area contributed by atoms with Gasteiger partial charge < -0.3 is 4.74 Å². The molecule has 100 valence electrons. The first-order chi connectivity index (χ1) is 8.55. The summed E-state index contributed by atoms with van der Waals surface area (Å²) in [5, 5.41) is 0.572. The molecule has 0 amide bonds. The van der Waals surface area contributed by atoms with E-state index in [1.807, 2.05) is 0 Å². The van der Waals surface area contributed by atoms with Crippen LogP contribution in [0.25, 0.3) is 0 Å². The predicted molar refractivity (Wildman–Crippen MR) is 76.4 cm³/mol. The van der Waals surface area contributed by atoms with Gasteiger partial charge in [-0.2, -0.15) is 4.31 Å². The molecule has 0 aromatic heterocycles. The number of ether oxygens (including phenoxy) is 1. The molecule has 4 nitrogen and oxygen atoms in total. The maximum absolute atomic E-state index is 12.5. The summed E-state index contributed by atoms with van der Waals surface area (Å²) in [4.78, 5) is 0.318. The molecule has 0 bridgehead atoms. The smallest absolute Gasteiger partial charge is 0.243 e. The molecule has 1 aliphatic rings. The van der Waals surface area contributed by atoms with Gasteiger partial charge in [0.25, 0.3) is 0 Å². The van der Waals surface area contributed by atoms with Crippen molar-refractivity contribution in [3.05, 3.63) is 28.7 Å². The van der Waals surface area contributed by atoms with Crippen molar-refractivity contribution in [2.75, 3.05) is 25.1 Å². The minimum Gasteiger partial charge on any atom is -0.378 e. The molecule has 1 fully saturated rings. The molecule has 1 aromatic rings. The van der Waals surface area contributed by atoms with Crippen molar-refractivity contribution in [1.29, 1.82) is 0 Å². The van der Waals surface area contributed by atoms with Gasteiger partial charge in [-0.15, -0.1) is 0 Å². The van der Waals surface area contributed by atoms with Gasteiger partial charge in [-0.1, -0.05) is 31.9 Å². The van der Waals surface area contributed by atoms with Gasteiger partial charge in [0.15, 0.2) is 0 Å². The lowest BCUT2D eigenvalue weighted by molar-refractivity contribution is 0.0413.